The number of carbonyl (C=O) groups excluding carboxylic acids is 1. The molecule has 0 aliphatic carbocycles. The second-order valence-corrected chi connectivity index (χ2v) is 8.60. The predicted molar refractivity (Wildman–Crippen MR) is 102 cm³/mol. The summed E-state index contributed by atoms with van der Waals surface area (Å²) < 4.78 is 0. The number of rotatable bonds is 12. The van der Waals surface area contributed by atoms with Crippen LogP contribution < -0.4 is 16.5 Å². The van der Waals surface area contributed by atoms with Gasteiger partial charge < -0.3 is 16.2 Å². The number of nitrogens with two attached hydrogens (primary N) is 1. The standard InChI is InChI=1S/C14H25N5O5S2/c15-14(18-19(23)24)16-8-3-5-11(13(21)22)17-12(20)6-2-1-4-10-7-9-25-26-10/h10-11H,1-9H2,(H,17,20)(H,21,22)(H3,15,16,18). The third-order valence-corrected chi connectivity index (χ3v) is 6.69. The van der Waals surface area contributed by atoms with Crippen LogP contribution >= 0.6 is 21.6 Å². The Morgan fingerprint density at radius 2 is 2.15 bits per heavy atom. The first-order chi connectivity index (χ1) is 12.4. The number of hydrogen-bond donors (Lipinski definition) is 4. The Bertz CT molecular complexity index is 514. The molecule has 0 bridgehead atoms. The summed E-state index contributed by atoms with van der Waals surface area (Å²) in [6, 6.07) is -0.996. The van der Waals surface area contributed by atoms with Crippen molar-refractivity contribution < 1.29 is 19.7 Å². The molecule has 26 heavy (non-hydrogen) atoms. The predicted octanol–water partition coefficient (Wildman–Crippen LogP) is 1.15. The Morgan fingerprint density at radius 1 is 1.38 bits per heavy atom. The molecule has 0 spiro atoms. The van der Waals surface area contributed by atoms with Crippen molar-refractivity contribution in [3.05, 3.63) is 10.1 Å². The highest BCUT2D eigenvalue weighted by atomic mass is 33.1. The number of hydrazine groups is 1. The quantitative estimate of drug-likeness (QED) is 0.0928. The van der Waals surface area contributed by atoms with E-state index in [1.54, 1.807) is 5.43 Å². The van der Waals surface area contributed by atoms with Crippen LogP contribution in [0.1, 0.15) is 44.9 Å². The third kappa shape index (κ3) is 10.3. The fourth-order valence-corrected chi connectivity index (χ4v) is 5.40. The van der Waals surface area contributed by atoms with Crippen LogP contribution in [0.5, 0.6) is 0 Å². The monoisotopic (exact) mass is 407 g/mol. The molecule has 1 aliphatic rings. The van der Waals surface area contributed by atoms with E-state index in [4.69, 9.17) is 5.73 Å². The average Bonchev–Trinajstić information content (AvgIpc) is 3.07. The lowest BCUT2D eigenvalue weighted by atomic mass is 10.1. The van der Waals surface area contributed by atoms with E-state index in [9.17, 15) is 24.8 Å². The number of carboxylic acid groups (broad SMARTS) is 1. The molecule has 0 aromatic rings. The summed E-state index contributed by atoms with van der Waals surface area (Å²) in [5, 5.41) is 21.7. The molecule has 1 rings (SSSR count). The van der Waals surface area contributed by atoms with Crippen molar-refractivity contribution in [2.24, 2.45) is 10.7 Å². The van der Waals surface area contributed by atoms with Crippen LogP contribution in [0, 0.1) is 10.1 Å². The second-order valence-electron chi connectivity index (χ2n) is 5.81. The molecule has 0 aromatic carbocycles. The summed E-state index contributed by atoms with van der Waals surface area (Å²) in [6.07, 6.45) is 4.82. The van der Waals surface area contributed by atoms with Gasteiger partial charge in [0.2, 0.25) is 5.91 Å². The summed E-state index contributed by atoms with van der Waals surface area (Å²) >= 11 is 0. The van der Waals surface area contributed by atoms with E-state index in [-0.39, 0.29) is 24.8 Å². The molecule has 0 radical (unpaired) electrons. The molecular weight excluding hydrogens is 382 g/mol. The number of unbranched alkanes of at least 4 members (excludes halogenated alkanes) is 1. The number of amides is 1. The Balaban J connectivity index is 2.20. The summed E-state index contributed by atoms with van der Waals surface area (Å²) in [4.78, 5) is 37.0. The minimum Gasteiger partial charge on any atom is -0.480 e. The number of carboxylic acids is 1. The largest absolute Gasteiger partial charge is 0.480 e. The van der Waals surface area contributed by atoms with Crippen LogP contribution in [-0.4, -0.2) is 51.6 Å². The van der Waals surface area contributed by atoms with Crippen LogP contribution in [-0.2, 0) is 9.59 Å². The molecule has 1 heterocycles. The number of aliphatic imine (C=N–C) groups is 1. The summed E-state index contributed by atoms with van der Waals surface area (Å²) in [7, 11) is 3.80. The zero-order valence-corrected chi connectivity index (χ0v) is 16.0. The summed E-state index contributed by atoms with van der Waals surface area (Å²) in [5.41, 5.74) is 6.95. The zero-order valence-electron chi connectivity index (χ0n) is 14.4. The molecule has 5 N–H and O–H groups in total. The van der Waals surface area contributed by atoms with E-state index < -0.39 is 17.0 Å². The molecule has 1 aliphatic heterocycles. The number of nitrogens with zero attached hydrogens (tertiary/aromatic N) is 2. The number of nitro groups is 1. The van der Waals surface area contributed by atoms with Crippen molar-refractivity contribution in [3.63, 3.8) is 0 Å². The lowest BCUT2D eigenvalue weighted by Crippen LogP contribution is -2.40. The summed E-state index contributed by atoms with van der Waals surface area (Å²) in [5.74, 6) is -0.541. The third-order valence-electron chi connectivity index (χ3n) is 3.68. The van der Waals surface area contributed by atoms with Gasteiger partial charge in [-0.3, -0.25) is 4.79 Å². The molecule has 0 aromatic heterocycles. The number of aliphatic carboxylic acids is 1. The van der Waals surface area contributed by atoms with Crippen molar-refractivity contribution in [1.29, 1.82) is 0 Å². The van der Waals surface area contributed by atoms with Crippen LogP contribution in [0.15, 0.2) is 4.99 Å². The zero-order chi connectivity index (χ0) is 19.4. The highest BCUT2D eigenvalue weighted by Crippen LogP contribution is 2.39. The maximum Gasteiger partial charge on any atom is 0.326 e. The van der Waals surface area contributed by atoms with E-state index in [0.29, 0.717) is 18.1 Å². The van der Waals surface area contributed by atoms with Gasteiger partial charge in [-0.1, -0.05) is 33.4 Å². The van der Waals surface area contributed by atoms with Gasteiger partial charge in [-0.15, -0.1) is 0 Å². The van der Waals surface area contributed by atoms with Crippen molar-refractivity contribution in [2.75, 3.05) is 12.3 Å². The van der Waals surface area contributed by atoms with Gasteiger partial charge in [-0.2, -0.15) is 0 Å². The van der Waals surface area contributed by atoms with Crippen LogP contribution in [0.2, 0.25) is 0 Å². The Morgan fingerprint density at radius 3 is 2.77 bits per heavy atom. The first-order valence-electron chi connectivity index (χ1n) is 8.40. The van der Waals surface area contributed by atoms with Crippen molar-refractivity contribution in [2.45, 2.75) is 56.2 Å². The van der Waals surface area contributed by atoms with Gasteiger partial charge in [0.25, 0.3) is 5.96 Å². The van der Waals surface area contributed by atoms with E-state index in [1.165, 1.54) is 12.2 Å². The van der Waals surface area contributed by atoms with Crippen molar-refractivity contribution >= 4 is 39.4 Å². The van der Waals surface area contributed by atoms with Gasteiger partial charge in [0, 0.05) is 24.0 Å². The molecule has 2 unspecified atom stereocenters. The molecule has 2 atom stereocenters. The number of guanidine groups is 1. The second kappa shape index (κ2) is 12.6. The molecule has 148 valence electrons. The molecule has 12 heteroatoms. The van der Waals surface area contributed by atoms with Gasteiger partial charge in [0.15, 0.2) is 5.03 Å². The molecule has 10 nitrogen and oxygen atoms in total. The molecule has 1 saturated heterocycles. The SMILES string of the molecule is NC(=NCCCC(NC(=O)CCCCC1CCSS1)C(=O)O)N[N+](=O)[O-]. The maximum atomic E-state index is 11.9. The Hall–Kier alpha value is -1.69. The van der Waals surface area contributed by atoms with Gasteiger partial charge in [0.1, 0.15) is 6.04 Å². The lowest BCUT2D eigenvalue weighted by molar-refractivity contribution is -0.525. The average molecular weight is 408 g/mol. The number of hydrogen-bond acceptors (Lipinski definition) is 7. The Labute approximate surface area is 159 Å². The topological polar surface area (TPSA) is 160 Å². The first-order valence-corrected chi connectivity index (χ1v) is 10.8. The van der Waals surface area contributed by atoms with Gasteiger partial charge in [-0.25, -0.2) is 19.9 Å². The highest BCUT2D eigenvalue weighted by molar-refractivity contribution is 8.77. The minimum absolute atomic E-state index is 0.128. The van der Waals surface area contributed by atoms with Crippen LogP contribution in [0.3, 0.4) is 0 Å². The highest BCUT2D eigenvalue weighted by Gasteiger charge is 2.20. The minimum atomic E-state index is -1.11. The van der Waals surface area contributed by atoms with Gasteiger partial charge in [-0.05, 0) is 32.1 Å². The van der Waals surface area contributed by atoms with Crippen molar-refractivity contribution in [1.82, 2.24) is 10.7 Å². The molecular formula is C14H25N5O5S2. The fraction of sp³-hybridized carbons (Fsp3) is 0.786. The maximum absolute atomic E-state index is 11.9. The van der Waals surface area contributed by atoms with E-state index in [0.717, 1.165) is 19.3 Å². The van der Waals surface area contributed by atoms with Crippen LogP contribution in [0.25, 0.3) is 0 Å². The normalized spacial score (nSPS) is 18.3. The molecule has 1 fully saturated rings. The fourth-order valence-electron chi connectivity index (χ4n) is 2.37. The van der Waals surface area contributed by atoms with Crippen LogP contribution in [0.4, 0.5) is 0 Å². The summed E-state index contributed by atoms with van der Waals surface area (Å²) in [6.45, 7) is 0.128. The molecule has 1 amide bonds. The van der Waals surface area contributed by atoms with E-state index in [1.807, 2.05) is 21.6 Å². The van der Waals surface area contributed by atoms with Gasteiger partial charge in [0.05, 0.1) is 0 Å². The van der Waals surface area contributed by atoms with E-state index >= 15 is 0 Å². The Kier molecular flexibility index (Phi) is 10.9. The number of nitrogens with one attached hydrogen (secondary N) is 2. The number of carbonyl (C=O) groups is 2. The van der Waals surface area contributed by atoms with E-state index in [2.05, 4.69) is 10.3 Å². The first kappa shape index (κ1) is 22.4. The smallest absolute Gasteiger partial charge is 0.326 e. The van der Waals surface area contributed by atoms with Gasteiger partial charge >= 0.3 is 5.97 Å². The lowest BCUT2D eigenvalue weighted by Gasteiger charge is -2.14. The van der Waals surface area contributed by atoms with Crippen molar-refractivity contribution in [3.8, 4) is 0 Å². The molecule has 0 saturated carbocycles.